The summed E-state index contributed by atoms with van der Waals surface area (Å²) in [6.45, 7) is 0. The summed E-state index contributed by atoms with van der Waals surface area (Å²) in [6, 6.07) is 10.1. The minimum atomic E-state index is -0.403. The summed E-state index contributed by atoms with van der Waals surface area (Å²) >= 11 is 3.80. The van der Waals surface area contributed by atoms with Crippen molar-refractivity contribution in [2.45, 2.75) is 11.4 Å². The number of fused-ring (bicyclic) bond motifs is 1. The van der Waals surface area contributed by atoms with Crippen LogP contribution in [0.3, 0.4) is 0 Å². The van der Waals surface area contributed by atoms with Gasteiger partial charge < -0.3 is 5.11 Å². The Morgan fingerprint density at radius 1 is 1.28 bits per heavy atom. The number of thioether (sulfide) groups is 2. The molecule has 1 aliphatic heterocycles. The fourth-order valence-electron chi connectivity index (χ4n) is 2.15. The van der Waals surface area contributed by atoms with E-state index in [0.717, 1.165) is 28.0 Å². The van der Waals surface area contributed by atoms with E-state index in [1.165, 1.54) is 5.75 Å². The molecule has 2 aromatic rings. The van der Waals surface area contributed by atoms with Crippen LogP contribution in [0.15, 0.2) is 36.5 Å². The zero-order valence-electron chi connectivity index (χ0n) is 9.95. The Morgan fingerprint density at radius 2 is 2.17 bits per heavy atom. The minimum Gasteiger partial charge on any atom is -0.387 e. The average Bonchev–Trinajstić information content (AvgIpc) is 2.47. The summed E-state index contributed by atoms with van der Waals surface area (Å²) in [6.07, 6.45) is 1.41. The molecule has 1 fully saturated rings. The number of benzene rings is 1. The largest absolute Gasteiger partial charge is 0.387 e. The van der Waals surface area contributed by atoms with Gasteiger partial charge in [-0.3, -0.25) is 4.98 Å². The molecule has 4 heteroatoms. The molecule has 2 nitrogen and oxygen atoms in total. The Hall–Kier alpha value is -0.710. The lowest BCUT2D eigenvalue weighted by molar-refractivity contribution is 0.180. The zero-order valence-corrected chi connectivity index (χ0v) is 11.6. The van der Waals surface area contributed by atoms with Gasteiger partial charge in [-0.2, -0.15) is 23.5 Å². The normalized spacial score (nSPS) is 21.9. The van der Waals surface area contributed by atoms with E-state index in [4.69, 9.17) is 0 Å². The van der Waals surface area contributed by atoms with Crippen molar-refractivity contribution in [2.75, 3.05) is 17.3 Å². The van der Waals surface area contributed by atoms with Crippen LogP contribution in [-0.2, 0) is 0 Å². The minimum absolute atomic E-state index is 0.298. The average molecular weight is 277 g/mol. The van der Waals surface area contributed by atoms with Gasteiger partial charge in [-0.25, -0.2) is 0 Å². The molecule has 0 amide bonds. The molecular formula is C14H15NOS2. The molecule has 94 valence electrons. The van der Waals surface area contributed by atoms with Crippen molar-refractivity contribution in [2.24, 2.45) is 0 Å². The molecule has 2 heterocycles. The van der Waals surface area contributed by atoms with E-state index >= 15 is 0 Å². The van der Waals surface area contributed by atoms with Gasteiger partial charge in [-0.1, -0.05) is 18.2 Å². The number of nitrogens with zero attached hydrogens (tertiary/aromatic N) is 1. The molecule has 1 aromatic heterocycles. The molecule has 0 spiro atoms. The van der Waals surface area contributed by atoms with Gasteiger partial charge >= 0.3 is 0 Å². The second kappa shape index (κ2) is 5.51. The molecule has 0 saturated carbocycles. The Morgan fingerprint density at radius 3 is 3.00 bits per heavy atom. The number of pyridine rings is 1. The second-order valence-electron chi connectivity index (χ2n) is 4.39. The lowest BCUT2D eigenvalue weighted by atomic mass is 10.1. The van der Waals surface area contributed by atoms with Gasteiger partial charge in [0.25, 0.3) is 0 Å². The third kappa shape index (κ3) is 2.51. The van der Waals surface area contributed by atoms with Gasteiger partial charge in [0.15, 0.2) is 0 Å². The van der Waals surface area contributed by atoms with Crippen molar-refractivity contribution >= 4 is 34.4 Å². The maximum atomic E-state index is 10.4. The Labute approximate surface area is 115 Å². The van der Waals surface area contributed by atoms with Crippen molar-refractivity contribution in [3.63, 3.8) is 0 Å². The molecule has 1 aliphatic rings. The van der Waals surface area contributed by atoms with E-state index in [9.17, 15) is 5.11 Å². The molecular weight excluding hydrogens is 262 g/mol. The fourth-order valence-corrected chi connectivity index (χ4v) is 4.91. The van der Waals surface area contributed by atoms with Gasteiger partial charge in [0.1, 0.15) is 0 Å². The van der Waals surface area contributed by atoms with Crippen LogP contribution in [0.1, 0.15) is 11.7 Å². The van der Waals surface area contributed by atoms with Crippen molar-refractivity contribution in [3.8, 4) is 0 Å². The summed E-state index contributed by atoms with van der Waals surface area (Å²) in [7, 11) is 0. The van der Waals surface area contributed by atoms with Gasteiger partial charge in [0.05, 0.1) is 11.6 Å². The molecule has 18 heavy (non-hydrogen) atoms. The van der Waals surface area contributed by atoms with Crippen LogP contribution in [-0.4, -0.2) is 32.6 Å². The number of aliphatic hydroxyl groups excluding tert-OH is 1. The lowest BCUT2D eigenvalue weighted by Gasteiger charge is -2.26. The van der Waals surface area contributed by atoms with Crippen LogP contribution >= 0.6 is 23.5 Å². The van der Waals surface area contributed by atoms with Crippen LogP contribution in [0.25, 0.3) is 10.9 Å². The number of rotatable bonds is 2. The smallest absolute Gasteiger partial charge is 0.0931 e. The van der Waals surface area contributed by atoms with Gasteiger partial charge in [-0.05, 0) is 12.1 Å². The van der Waals surface area contributed by atoms with Gasteiger partial charge in [0, 0.05) is 39.7 Å². The first kappa shape index (κ1) is 12.3. The van der Waals surface area contributed by atoms with Crippen LogP contribution in [0.5, 0.6) is 0 Å². The molecule has 0 bridgehead atoms. The monoisotopic (exact) mass is 277 g/mol. The highest BCUT2D eigenvalue weighted by Gasteiger charge is 2.24. The summed E-state index contributed by atoms with van der Waals surface area (Å²) < 4.78 is 0. The van der Waals surface area contributed by atoms with Crippen LogP contribution in [0, 0.1) is 0 Å². The van der Waals surface area contributed by atoms with E-state index in [2.05, 4.69) is 11.1 Å². The van der Waals surface area contributed by atoms with E-state index in [1.54, 1.807) is 0 Å². The quantitative estimate of drug-likeness (QED) is 0.914. The van der Waals surface area contributed by atoms with Crippen molar-refractivity contribution in [1.29, 1.82) is 0 Å². The topological polar surface area (TPSA) is 33.1 Å². The number of aromatic nitrogens is 1. The Balaban J connectivity index is 1.88. The second-order valence-corrected chi connectivity index (χ2v) is 6.89. The molecule has 0 radical (unpaired) electrons. The SMILES string of the molecule is OC(c1cnc2ccccc2c1)C1CSCCS1. The third-order valence-corrected chi connectivity index (χ3v) is 6.00. The number of hydrogen-bond acceptors (Lipinski definition) is 4. The number of hydrogen-bond donors (Lipinski definition) is 1. The molecule has 1 N–H and O–H groups in total. The van der Waals surface area contributed by atoms with Gasteiger partial charge in [-0.15, -0.1) is 0 Å². The summed E-state index contributed by atoms with van der Waals surface area (Å²) in [5, 5.41) is 11.8. The van der Waals surface area contributed by atoms with Crippen molar-refractivity contribution in [1.82, 2.24) is 4.98 Å². The number of para-hydroxylation sites is 1. The maximum Gasteiger partial charge on any atom is 0.0931 e. The van der Waals surface area contributed by atoms with Crippen LogP contribution in [0.4, 0.5) is 0 Å². The van der Waals surface area contributed by atoms with Gasteiger partial charge in [0.2, 0.25) is 0 Å². The molecule has 0 aliphatic carbocycles. The van der Waals surface area contributed by atoms with E-state index in [-0.39, 0.29) is 0 Å². The third-order valence-electron chi connectivity index (χ3n) is 3.15. The summed E-state index contributed by atoms with van der Waals surface area (Å²) in [5.74, 6) is 3.36. The maximum absolute atomic E-state index is 10.4. The lowest BCUT2D eigenvalue weighted by Crippen LogP contribution is -2.22. The first-order valence-electron chi connectivity index (χ1n) is 6.07. The van der Waals surface area contributed by atoms with E-state index in [0.29, 0.717) is 5.25 Å². The van der Waals surface area contributed by atoms with Crippen LogP contribution < -0.4 is 0 Å². The molecule has 2 unspecified atom stereocenters. The Kier molecular flexibility index (Phi) is 3.77. The molecule has 2 atom stereocenters. The zero-order chi connectivity index (χ0) is 12.4. The first-order chi connectivity index (χ1) is 8.84. The number of aliphatic hydroxyl groups is 1. The van der Waals surface area contributed by atoms with Crippen molar-refractivity contribution < 1.29 is 5.11 Å². The predicted octanol–water partition coefficient (Wildman–Crippen LogP) is 3.12. The Bertz CT molecular complexity index is 540. The fraction of sp³-hybridized carbons (Fsp3) is 0.357. The highest BCUT2D eigenvalue weighted by Crippen LogP contribution is 2.33. The molecule has 3 rings (SSSR count). The van der Waals surface area contributed by atoms with E-state index in [1.807, 2.05) is 54.0 Å². The standard InChI is InChI=1S/C14H15NOS2/c16-14(13-9-17-5-6-18-13)11-7-10-3-1-2-4-12(10)15-8-11/h1-4,7-8,13-14,16H,5-6,9H2. The summed E-state index contributed by atoms with van der Waals surface area (Å²) in [4.78, 5) is 4.42. The highest BCUT2D eigenvalue weighted by atomic mass is 32.2. The molecule has 1 aromatic carbocycles. The molecule has 1 saturated heterocycles. The first-order valence-corrected chi connectivity index (χ1v) is 8.27. The highest BCUT2D eigenvalue weighted by molar-refractivity contribution is 8.06. The van der Waals surface area contributed by atoms with Crippen LogP contribution in [0.2, 0.25) is 0 Å². The van der Waals surface area contributed by atoms with E-state index < -0.39 is 6.10 Å². The van der Waals surface area contributed by atoms with Crippen molar-refractivity contribution in [3.05, 3.63) is 42.1 Å². The summed E-state index contributed by atoms with van der Waals surface area (Å²) in [5.41, 5.74) is 1.92. The predicted molar refractivity (Wildman–Crippen MR) is 80.3 cm³/mol.